The van der Waals surface area contributed by atoms with Gasteiger partial charge in [-0.2, -0.15) is 0 Å². The maximum atomic E-state index is 13.7. The molecule has 0 radical (unpaired) electrons. The summed E-state index contributed by atoms with van der Waals surface area (Å²) in [6, 6.07) is 9.83. The maximum Gasteiger partial charge on any atom is 0.160 e. The van der Waals surface area contributed by atoms with Gasteiger partial charge in [-0.3, -0.25) is 0 Å². The minimum atomic E-state index is -0.907. The molecule has 1 aliphatic rings. The monoisotopic (exact) mass is 328 g/mol. The number of ether oxygens (including phenoxy) is 1. The molecule has 0 saturated carbocycles. The van der Waals surface area contributed by atoms with Crippen LogP contribution in [0.3, 0.4) is 0 Å². The van der Waals surface area contributed by atoms with Crippen LogP contribution in [0, 0.1) is 11.6 Å². The van der Waals surface area contributed by atoms with Crippen molar-refractivity contribution in [2.45, 2.75) is 13.1 Å². The Bertz CT molecular complexity index is 923. The number of para-hydroxylation sites is 1. The highest BCUT2D eigenvalue weighted by Crippen LogP contribution is 2.33. The summed E-state index contributed by atoms with van der Waals surface area (Å²) in [4.78, 5) is 0. The van der Waals surface area contributed by atoms with Gasteiger partial charge in [0.25, 0.3) is 0 Å². The van der Waals surface area contributed by atoms with Crippen molar-refractivity contribution in [3.05, 3.63) is 59.3 Å². The molecule has 3 aromatic rings. The zero-order chi connectivity index (χ0) is 16.7. The quantitative estimate of drug-likeness (QED) is 0.786. The summed E-state index contributed by atoms with van der Waals surface area (Å²) in [6.45, 7) is 0.888. The minimum absolute atomic E-state index is 0.418. The van der Waals surface area contributed by atoms with Crippen molar-refractivity contribution in [1.82, 2.24) is 20.3 Å². The van der Waals surface area contributed by atoms with Crippen molar-refractivity contribution in [3.63, 3.8) is 0 Å². The molecule has 0 fully saturated rings. The lowest BCUT2D eigenvalue weighted by Crippen LogP contribution is -2.11. The van der Waals surface area contributed by atoms with E-state index >= 15 is 0 Å². The fraction of sp³-hybridized carbons (Fsp3) is 0.176. The minimum Gasteiger partial charge on any atom is -0.496 e. The predicted molar refractivity (Wildman–Crippen MR) is 83.8 cm³/mol. The first-order chi connectivity index (χ1) is 11.7. The van der Waals surface area contributed by atoms with Crippen LogP contribution in [0.1, 0.15) is 11.3 Å². The second-order valence-corrected chi connectivity index (χ2v) is 5.50. The Kier molecular flexibility index (Phi) is 3.50. The number of nitrogens with zero attached hydrogens (tertiary/aromatic N) is 3. The first-order valence-corrected chi connectivity index (χ1v) is 7.46. The molecule has 2 heterocycles. The predicted octanol–water partition coefficient (Wildman–Crippen LogP) is 2.82. The van der Waals surface area contributed by atoms with E-state index in [0.717, 1.165) is 17.3 Å². The summed E-state index contributed by atoms with van der Waals surface area (Å²) in [7, 11) is 1.59. The molecule has 0 bridgehead atoms. The van der Waals surface area contributed by atoms with Gasteiger partial charge in [0.1, 0.15) is 11.4 Å². The normalized spacial score (nSPS) is 13.1. The van der Waals surface area contributed by atoms with Crippen molar-refractivity contribution < 1.29 is 13.5 Å². The fourth-order valence-electron chi connectivity index (χ4n) is 2.94. The van der Waals surface area contributed by atoms with Crippen molar-refractivity contribution in [2.75, 3.05) is 7.11 Å². The van der Waals surface area contributed by atoms with E-state index < -0.39 is 11.6 Å². The van der Waals surface area contributed by atoms with Crippen molar-refractivity contribution >= 4 is 0 Å². The maximum absolute atomic E-state index is 13.7. The number of benzene rings is 2. The summed E-state index contributed by atoms with van der Waals surface area (Å²) in [5.74, 6) is -1.10. The largest absolute Gasteiger partial charge is 0.496 e. The Morgan fingerprint density at radius 2 is 1.92 bits per heavy atom. The molecule has 0 aliphatic carbocycles. The number of hydrogen-bond donors (Lipinski definition) is 1. The molecule has 7 heteroatoms. The van der Waals surface area contributed by atoms with Gasteiger partial charge in [0.05, 0.1) is 18.5 Å². The lowest BCUT2D eigenvalue weighted by atomic mass is 10.1. The number of methoxy groups -OCH3 is 1. The van der Waals surface area contributed by atoms with Crippen LogP contribution in [-0.4, -0.2) is 22.1 Å². The zero-order valence-electron chi connectivity index (χ0n) is 12.9. The van der Waals surface area contributed by atoms with Gasteiger partial charge in [0.2, 0.25) is 0 Å². The van der Waals surface area contributed by atoms with Crippen LogP contribution in [-0.2, 0) is 13.1 Å². The van der Waals surface area contributed by atoms with E-state index in [2.05, 4.69) is 15.6 Å². The van der Waals surface area contributed by atoms with E-state index in [9.17, 15) is 8.78 Å². The fourth-order valence-corrected chi connectivity index (χ4v) is 2.94. The van der Waals surface area contributed by atoms with Gasteiger partial charge in [-0.1, -0.05) is 17.3 Å². The molecule has 0 amide bonds. The highest BCUT2D eigenvalue weighted by Gasteiger charge is 2.23. The van der Waals surface area contributed by atoms with Gasteiger partial charge >= 0.3 is 0 Å². The average molecular weight is 328 g/mol. The zero-order valence-corrected chi connectivity index (χ0v) is 12.9. The van der Waals surface area contributed by atoms with Gasteiger partial charge in [0, 0.05) is 24.7 Å². The van der Waals surface area contributed by atoms with Gasteiger partial charge < -0.3 is 10.1 Å². The molecule has 5 nitrogen and oxygen atoms in total. The van der Waals surface area contributed by atoms with E-state index in [4.69, 9.17) is 4.74 Å². The van der Waals surface area contributed by atoms with Crippen LogP contribution < -0.4 is 10.1 Å². The lowest BCUT2D eigenvalue weighted by molar-refractivity contribution is 0.416. The van der Waals surface area contributed by atoms with Crippen molar-refractivity contribution in [2.24, 2.45) is 0 Å². The average Bonchev–Trinajstić information content (AvgIpc) is 2.93. The number of hydrogen-bond acceptors (Lipinski definition) is 4. The molecule has 24 heavy (non-hydrogen) atoms. The lowest BCUT2D eigenvalue weighted by Gasteiger charge is -2.09. The van der Waals surface area contributed by atoms with Crippen LogP contribution in [0.2, 0.25) is 0 Å². The Morgan fingerprint density at radius 1 is 1.12 bits per heavy atom. The van der Waals surface area contributed by atoms with Crippen LogP contribution in [0.4, 0.5) is 8.78 Å². The molecule has 1 aromatic heterocycles. The highest BCUT2D eigenvalue weighted by atomic mass is 19.2. The van der Waals surface area contributed by atoms with Crippen LogP contribution >= 0.6 is 0 Å². The van der Waals surface area contributed by atoms with Crippen molar-refractivity contribution in [3.8, 4) is 22.7 Å². The second-order valence-electron chi connectivity index (χ2n) is 5.50. The number of aromatic nitrogens is 3. The Morgan fingerprint density at radius 3 is 2.75 bits per heavy atom. The van der Waals surface area contributed by atoms with Gasteiger partial charge in [-0.05, 0) is 23.8 Å². The van der Waals surface area contributed by atoms with E-state index in [-0.39, 0.29) is 0 Å². The Balaban J connectivity index is 1.92. The molecular weight excluding hydrogens is 314 g/mol. The first kappa shape index (κ1) is 14.8. The van der Waals surface area contributed by atoms with Crippen LogP contribution in [0.5, 0.6) is 5.75 Å². The molecular formula is C17H14F2N4O. The summed E-state index contributed by atoms with van der Waals surface area (Å²) in [5.41, 5.74) is 3.34. The number of halogens is 2. The van der Waals surface area contributed by atoms with Crippen LogP contribution in [0.15, 0.2) is 36.4 Å². The Hall–Kier alpha value is -2.80. The van der Waals surface area contributed by atoms with E-state index in [0.29, 0.717) is 35.8 Å². The molecule has 1 N–H and O–H groups in total. The third-order valence-corrected chi connectivity index (χ3v) is 4.08. The Labute approximate surface area is 136 Å². The van der Waals surface area contributed by atoms with Crippen LogP contribution in [0.25, 0.3) is 16.9 Å². The molecule has 4 rings (SSSR count). The van der Waals surface area contributed by atoms with E-state index in [1.165, 1.54) is 6.07 Å². The van der Waals surface area contributed by atoms with Gasteiger partial charge in [-0.25, -0.2) is 13.5 Å². The number of rotatable bonds is 2. The summed E-state index contributed by atoms with van der Waals surface area (Å²) in [6.07, 6.45) is 0. The molecule has 0 saturated heterocycles. The highest BCUT2D eigenvalue weighted by molar-refractivity contribution is 5.69. The molecule has 1 aliphatic heterocycles. The van der Waals surface area contributed by atoms with Gasteiger partial charge in [-0.15, -0.1) is 5.10 Å². The standard InChI is InChI=1S/C17H14F2N4O/c1-24-16-5-3-2-4-11(16)17-15-9-20-8-10-6-12(18)13(19)7-14(10)23(15)22-21-17/h2-7,20H,8-9H2,1H3. The third-order valence-electron chi connectivity index (χ3n) is 4.08. The summed E-state index contributed by atoms with van der Waals surface area (Å²) < 4.78 is 34.2. The smallest absolute Gasteiger partial charge is 0.160 e. The number of fused-ring (bicyclic) bond motifs is 3. The summed E-state index contributed by atoms with van der Waals surface area (Å²) >= 11 is 0. The van der Waals surface area contributed by atoms with Crippen molar-refractivity contribution in [1.29, 1.82) is 0 Å². The number of nitrogens with one attached hydrogen (secondary N) is 1. The van der Waals surface area contributed by atoms with Gasteiger partial charge in [0.15, 0.2) is 11.6 Å². The summed E-state index contributed by atoms with van der Waals surface area (Å²) in [5, 5.41) is 11.6. The second kappa shape index (κ2) is 5.68. The molecule has 0 atom stereocenters. The SMILES string of the molecule is COc1ccccc1-c1nnn2c1CNCc1cc(F)c(F)cc1-2. The molecule has 2 aromatic carbocycles. The topological polar surface area (TPSA) is 52.0 Å². The molecule has 0 spiro atoms. The first-order valence-electron chi connectivity index (χ1n) is 7.46. The molecule has 122 valence electrons. The third kappa shape index (κ3) is 2.25. The molecule has 0 unspecified atom stereocenters. The van der Waals surface area contributed by atoms with E-state index in [1.54, 1.807) is 11.8 Å². The van der Waals surface area contributed by atoms with E-state index in [1.807, 2.05) is 24.3 Å².